The minimum Gasteiger partial charge on any atom is -0.497 e. The number of carbonyl (C=O) groups is 3. The number of hydrogen-bond donors (Lipinski definition) is 1. The molecule has 2 aliphatic heterocycles. The highest BCUT2D eigenvalue weighted by Crippen LogP contribution is 2.49. The van der Waals surface area contributed by atoms with E-state index in [1.165, 1.54) is 18.2 Å². The molecule has 0 aliphatic carbocycles. The van der Waals surface area contributed by atoms with Gasteiger partial charge >= 0.3 is 13.9 Å². The molecule has 0 radical (unpaired) electrons. The molecule has 4 amide bonds. The number of carbonyl (C=O) groups excluding carboxylic acids is 3. The van der Waals surface area contributed by atoms with Crippen LogP contribution >= 0.6 is 7.82 Å². The number of methoxy groups -OCH3 is 1. The van der Waals surface area contributed by atoms with Crippen molar-refractivity contribution in [3.8, 4) is 5.75 Å². The molecule has 1 atom stereocenters. The monoisotopic (exact) mass is 558 g/mol. The normalized spacial score (nSPS) is 19.2. The number of hydrogen-bond acceptors (Lipinski definition) is 10. The standard InChI is InChI=1S/C25H27N4O9P/c1-4-35-39(33,36-5-2)37-15-29-23(31)25(27-24(29)32,21-10-17-12-26-9-8-20(17)38-21)14-28-13-16-6-7-18(34-3)11-19(16)22(28)30/h6-12H,4-5,13-15H2,1-3H3,(H,27,32)/t25-/m0/s1. The summed E-state index contributed by atoms with van der Waals surface area (Å²) < 4.78 is 39.6. The fraction of sp³-hybridized carbons (Fsp3) is 0.360. The number of urea groups is 1. The number of amides is 4. The molecule has 1 fully saturated rings. The maximum Gasteiger partial charge on any atom is 0.476 e. The molecule has 2 aromatic heterocycles. The Bertz CT molecular complexity index is 1450. The van der Waals surface area contributed by atoms with Gasteiger partial charge in [-0.25, -0.2) is 14.3 Å². The number of fused-ring (bicyclic) bond motifs is 2. The van der Waals surface area contributed by atoms with Crippen LogP contribution in [0.5, 0.6) is 5.75 Å². The summed E-state index contributed by atoms with van der Waals surface area (Å²) in [5, 5.41) is 3.29. The van der Waals surface area contributed by atoms with Crippen LogP contribution in [0.3, 0.4) is 0 Å². The van der Waals surface area contributed by atoms with Crippen molar-refractivity contribution in [2.75, 3.05) is 33.6 Å². The van der Waals surface area contributed by atoms with E-state index in [0.717, 1.165) is 10.5 Å². The number of aromatic nitrogens is 1. The molecule has 0 saturated carbocycles. The maximum atomic E-state index is 14.0. The fourth-order valence-corrected chi connectivity index (χ4v) is 5.74. The summed E-state index contributed by atoms with van der Waals surface area (Å²) in [5.41, 5.74) is -0.183. The molecule has 1 aromatic carbocycles. The summed E-state index contributed by atoms with van der Waals surface area (Å²) in [6.07, 6.45) is 3.09. The summed E-state index contributed by atoms with van der Waals surface area (Å²) >= 11 is 0. The molecule has 1 N–H and O–H groups in total. The van der Waals surface area contributed by atoms with Gasteiger partial charge in [0.1, 0.15) is 23.8 Å². The van der Waals surface area contributed by atoms with E-state index in [-0.39, 0.29) is 38.0 Å². The highest BCUT2D eigenvalue weighted by atomic mass is 31.2. The number of furan rings is 1. The molecule has 39 heavy (non-hydrogen) atoms. The van der Waals surface area contributed by atoms with Crippen molar-refractivity contribution < 1.29 is 41.7 Å². The zero-order valence-electron chi connectivity index (χ0n) is 21.5. The Hall–Kier alpha value is -3.77. The van der Waals surface area contributed by atoms with E-state index < -0.39 is 32.0 Å². The lowest BCUT2D eigenvalue weighted by Gasteiger charge is -2.29. The van der Waals surface area contributed by atoms with Gasteiger partial charge < -0.3 is 19.4 Å². The lowest BCUT2D eigenvalue weighted by atomic mass is 9.95. The van der Waals surface area contributed by atoms with Crippen molar-refractivity contribution in [3.05, 3.63) is 59.6 Å². The topological polar surface area (TPSA) is 150 Å². The van der Waals surface area contributed by atoms with E-state index >= 15 is 0 Å². The number of nitrogens with one attached hydrogen (secondary N) is 1. The van der Waals surface area contributed by atoms with E-state index in [1.807, 2.05) is 0 Å². The first-order valence-corrected chi connectivity index (χ1v) is 13.7. The number of phosphoric acid groups is 1. The molecule has 14 heteroatoms. The van der Waals surface area contributed by atoms with Crippen molar-refractivity contribution in [1.29, 1.82) is 0 Å². The van der Waals surface area contributed by atoms with Gasteiger partial charge in [-0.3, -0.25) is 28.1 Å². The third kappa shape index (κ3) is 4.78. The average Bonchev–Trinajstić information content (AvgIpc) is 3.56. The third-order valence-corrected chi connectivity index (χ3v) is 8.04. The molecule has 4 heterocycles. The predicted molar refractivity (Wildman–Crippen MR) is 136 cm³/mol. The zero-order chi connectivity index (χ0) is 27.8. The molecule has 0 spiro atoms. The molecule has 1 saturated heterocycles. The van der Waals surface area contributed by atoms with Crippen LogP contribution in [0.15, 0.2) is 47.1 Å². The first-order chi connectivity index (χ1) is 18.7. The van der Waals surface area contributed by atoms with Gasteiger partial charge in [-0.05, 0) is 43.7 Å². The predicted octanol–water partition coefficient (Wildman–Crippen LogP) is 3.39. The van der Waals surface area contributed by atoms with Crippen LogP contribution in [-0.2, 0) is 35.0 Å². The Kier molecular flexibility index (Phi) is 7.17. The van der Waals surface area contributed by atoms with E-state index in [9.17, 15) is 18.9 Å². The summed E-state index contributed by atoms with van der Waals surface area (Å²) in [5.74, 6) is -0.481. The van der Waals surface area contributed by atoms with Crippen molar-refractivity contribution >= 4 is 36.6 Å². The number of nitrogens with zero attached hydrogens (tertiary/aromatic N) is 3. The maximum absolute atomic E-state index is 14.0. The largest absolute Gasteiger partial charge is 0.497 e. The van der Waals surface area contributed by atoms with Crippen LogP contribution in [-0.4, -0.2) is 66.2 Å². The Morgan fingerprint density at radius 1 is 1.10 bits per heavy atom. The summed E-state index contributed by atoms with van der Waals surface area (Å²) in [6.45, 7) is 2.50. The van der Waals surface area contributed by atoms with E-state index in [1.54, 1.807) is 50.4 Å². The SMILES string of the molecule is CCOP(=O)(OCC)OCN1C(=O)N[C@@](CN2Cc3ccc(OC)cc3C2=O)(c2cc3cnccc3o2)C1=O. The molecule has 0 unspecified atom stereocenters. The van der Waals surface area contributed by atoms with Crippen LogP contribution in [0.25, 0.3) is 11.0 Å². The van der Waals surface area contributed by atoms with Gasteiger partial charge in [-0.15, -0.1) is 0 Å². The Balaban J connectivity index is 1.49. The quantitative estimate of drug-likeness (QED) is 0.274. The number of phosphoric ester groups is 1. The van der Waals surface area contributed by atoms with E-state index in [0.29, 0.717) is 22.3 Å². The minimum atomic E-state index is -4.03. The molecule has 206 valence electrons. The summed E-state index contributed by atoms with van der Waals surface area (Å²) in [6, 6.07) is 7.54. The third-order valence-electron chi connectivity index (χ3n) is 6.46. The van der Waals surface area contributed by atoms with Crippen LogP contribution in [0.1, 0.15) is 35.5 Å². The molecule has 5 rings (SSSR count). The molecule has 2 aliphatic rings. The second-order valence-electron chi connectivity index (χ2n) is 8.82. The molecular weight excluding hydrogens is 531 g/mol. The van der Waals surface area contributed by atoms with Gasteiger partial charge in [0.15, 0.2) is 5.54 Å². The van der Waals surface area contributed by atoms with Crippen molar-refractivity contribution in [3.63, 3.8) is 0 Å². The van der Waals surface area contributed by atoms with E-state index in [4.69, 9.17) is 22.7 Å². The number of pyridine rings is 1. The van der Waals surface area contributed by atoms with Gasteiger partial charge in [0.2, 0.25) is 0 Å². The summed E-state index contributed by atoms with van der Waals surface area (Å²) in [4.78, 5) is 46.8. The number of ether oxygens (including phenoxy) is 1. The Morgan fingerprint density at radius 2 is 1.87 bits per heavy atom. The van der Waals surface area contributed by atoms with Gasteiger partial charge in [0.25, 0.3) is 11.8 Å². The van der Waals surface area contributed by atoms with Crippen molar-refractivity contribution in [2.24, 2.45) is 0 Å². The fourth-order valence-electron chi connectivity index (χ4n) is 4.63. The molecule has 3 aromatic rings. The molecular formula is C25H27N4O9P. The lowest BCUT2D eigenvalue weighted by molar-refractivity contribution is -0.135. The van der Waals surface area contributed by atoms with Gasteiger partial charge in [-0.1, -0.05) is 6.07 Å². The lowest BCUT2D eigenvalue weighted by Crippen LogP contribution is -2.52. The van der Waals surface area contributed by atoms with Crippen LogP contribution < -0.4 is 10.1 Å². The Morgan fingerprint density at radius 3 is 2.56 bits per heavy atom. The average molecular weight is 558 g/mol. The first kappa shape index (κ1) is 26.8. The molecule has 0 bridgehead atoms. The van der Waals surface area contributed by atoms with Gasteiger partial charge in [0.05, 0.1) is 26.9 Å². The first-order valence-electron chi connectivity index (χ1n) is 12.2. The van der Waals surface area contributed by atoms with Crippen LogP contribution in [0.4, 0.5) is 4.79 Å². The van der Waals surface area contributed by atoms with Gasteiger partial charge in [0, 0.05) is 29.9 Å². The zero-order valence-corrected chi connectivity index (χ0v) is 22.4. The van der Waals surface area contributed by atoms with Crippen molar-refractivity contribution in [2.45, 2.75) is 25.9 Å². The number of benzene rings is 1. The smallest absolute Gasteiger partial charge is 0.476 e. The van der Waals surface area contributed by atoms with Gasteiger partial charge in [-0.2, -0.15) is 0 Å². The molecule has 13 nitrogen and oxygen atoms in total. The Labute approximate surface area is 223 Å². The summed E-state index contributed by atoms with van der Waals surface area (Å²) in [7, 11) is -2.53. The van der Waals surface area contributed by atoms with Crippen LogP contribution in [0.2, 0.25) is 0 Å². The number of imide groups is 1. The highest BCUT2D eigenvalue weighted by molar-refractivity contribution is 7.48. The second-order valence-corrected chi connectivity index (χ2v) is 10.5. The van der Waals surface area contributed by atoms with Crippen LogP contribution in [0, 0.1) is 0 Å². The van der Waals surface area contributed by atoms with Crippen molar-refractivity contribution in [1.82, 2.24) is 20.1 Å². The second kappa shape index (κ2) is 10.4. The minimum absolute atomic E-state index is 0.0246. The number of rotatable bonds is 11. The van der Waals surface area contributed by atoms with E-state index in [2.05, 4.69) is 10.3 Å². The highest BCUT2D eigenvalue weighted by Gasteiger charge is 2.57.